The molecule has 0 radical (unpaired) electrons. The molecule has 4 amide bonds. The molecule has 11 aromatic rings. The fourth-order valence-electron chi connectivity index (χ4n) is 13.8. The largest absolute Gasteiger partial charge is 0.457 e. The Morgan fingerprint density at radius 3 is 0.702 bits per heavy atom. The summed E-state index contributed by atoms with van der Waals surface area (Å²) in [5, 5.41) is 3.10. The van der Waals surface area contributed by atoms with Gasteiger partial charge in [0.1, 0.15) is 46.0 Å². The maximum atomic E-state index is 16.4. The molecule has 0 fully saturated rings. The molecule has 0 unspecified atom stereocenters. The van der Waals surface area contributed by atoms with Crippen LogP contribution in [-0.2, 0) is 25.7 Å². The van der Waals surface area contributed by atoms with Crippen LogP contribution < -0.4 is 51.7 Å². The van der Waals surface area contributed by atoms with Crippen molar-refractivity contribution < 1.29 is 38.1 Å². The fourth-order valence-corrected chi connectivity index (χ4v) is 13.8. The molecule has 2 aliphatic heterocycles. The van der Waals surface area contributed by atoms with Gasteiger partial charge in [-0.15, -0.1) is 0 Å². The van der Waals surface area contributed by atoms with E-state index in [1.165, 1.54) is 9.80 Å². The number of para-hydroxylation sites is 2. The standard InChI is InChI=1S/C80H78N6O8/c1-43(2)55-11-9-12-56(44(3)4)75(55)85-77(87)59-39-63(91-51-23-15-47(16-24-51)31-35-81)69-71-65(93-53-27-19-49(20-28-53)33-37-83)41-61-68-62(80(90)86(79(61)89)76-57(45(5)6)13-10-14-58(76)46(7)8)42-66(94-54-29-21-50(22-30-54)34-38-84)72(74(68)71)70-64(40-60(78(85)88)67(59)73(69)70)92-52-25-17-48(18-26-52)32-36-82/h9-30,39-46H,31-38,81-84H2,1-8H3. The lowest BCUT2D eigenvalue weighted by molar-refractivity contribution is 0.0877. The predicted octanol–water partition coefficient (Wildman–Crippen LogP) is 17.0. The molecular formula is C80H78N6O8. The Bertz CT molecular complexity index is 4220. The summed E-state index contributed by atoms with van der Waals surface area (Å²) in [5.74, 6) is -0.0471. The normalized spacial score (nSPS) is 13.2. The van der Waals surface area contributed by atoms with Gasteiger partial charge < -0.3 is 41.9 Å². The van der Waals surface area contributed by atoms with Gasteiger partial charge in [-0.2, -0.15) is 0 Å². The molecule has 0 atom stereocenters. The second kappa shape index (κ2) is 25.5. The first kappa shape index (κ1) is 62.8. The number of fused-ring (bicyclic) bond motifs is 2. The Hall–Kier alpha value is -9.96. The summed E-state index contributed by atoms with van der Waals surface area (Å²) in [4.78, 5) is 68.3. The molecule has 0 aromatic heterocycles. The molecule has 13 rings (SSSR count). The Labute approximate surface area is 547 Å². The number of anilines is 2. The third-order valence-corrected chi connectivity index (χ3v) is 18.4. The van der Waals surface area contributed by atoms with Gasteiger partial charge in [-0.1, -0.05) is 140 Å². The minimum Gasteiger partial charge on any atom is -0.457 e. The van der Waals surface area contributed by atoms with Crippen LogP contribution in [0.2, 0.25) is 0 Å². The lowest BCUT2D eigenvalue weighted by Crippen LogP contribution is -2.42. The number of hydrogen-bond acceptors (Lipinski definition) is 12. The Morgan fingerprint density at radius 1 is 0.298 bits per heavy atom. The number of imide groups is 2. The van der Waals surface area contributed by atoms with Crippen LogP contribution in [0.15, 0.2) is 158 Å². The highest BCUT2D eigenvalue weighted by atomic mass is 16.5. The minimum atomic E-state index is -0.560. The molecule has 0 bridgehead atoms. The molecule has 0 aliphatic carbocycles. The van der Waals surface area contributed by atoms with E-state index in [4.69, 9.17) is 41.9 Å². The van der Waals surface area contributed by atoms with E-state index < -0.39 is 23.6 Å². The van der Waals surface area contributed by atoms with Crippen molar-refractivity contribution in [3.8, 4) is 46.0 Å². The fraction of sp³-hybridized carbons (Fsp3) is 0.250. The van der Waals surface area contributed by atoms with Gasteiger partial charge in [0.2, 0.25) is 0 Å². The SMILES string of the molecule is CC(C)c1cccc(C(C)C)c1N1C(=O)c2cc(Oc3ccc(CCN)cc3)c3c4c(Oc5ccc(CCN)cc5)cc5c6c(cc(Oc7ccc(CCN)cc7)c(c7c(Oc8ccc(CCN)cc8)cc(c2c37)C1=O)c64)C(=O)N(c1c(C(C)C)cccc1C(C)C)C5=O. The highest BCUT2D eigenvalue weighted by Crippen LogP contribution is 2.59. The second-order valence-electron chi connectivity index (χ2n) is 25.9. The summed E-state index contributed by atoms with van der Waals surface area (Å²) in [5.41, 5.74) is 33.3. The molecular weight excluding hydrogens is 1170 g/mol. The van der Waals surface area contributed by atoms with Crippen LogP contribution in [0.5, 0.6) is 46.0 Å². The molecule has 94 heavy (non-hydrogen) atoms. The quantitative estimate of drug-likeness (QED) is 0.0283. The number of carbonyl (C=O) groups is 4. The summed E-state index contributed by atoms with van der Waals surface area (Å²) < 4.78 is 29.3. The summed E-state index contributed by atoms with van der Waals surface area (Å²) in [6, 6.07) is 49.3. The van der Waals surface area contributed by atoms with Crippen molar-refractivity contribution in [1.29, 1.82) is 0 Å². The smallest absolute Gasteiger partial charge is 0.266 e. The third-order valence-electron chi connectivity index (χ3n) is 18.4. The number of nitrogens with two attached hydrogens (primary N) is 4. The van der Waals surface area contributed by atoms with Crippen LogP contribution >= 0.6 is 0 Å². The maximum absolute atomic E-state index is 16.4. The van der Waals surface area contributed by atoms with Crippen molar-refractivity contribution in [3.63, 3.8) is 0 Å². The summed E-state index contributed by atoms with van der Waals surface area (Å²) in [6.07, 6.45) is 2.50. The summed E-state index contributed by atoms with van der Waals surface area (Å²) in [6.45, 7) is 18.2. The van der Waals surface area contributed by atoms with Gasteiger partial charge in [-0.25, -0.2) is 9.80 Å². The number of nitrogens with zero attached hydrogens (tertiary/aromatic N) is 2. The molecule has 14 heteroatoms. The van der Waals surface area contributed by atoms with E-state index in [0.717, 1.165) is 44.5 Å². The molecule has 476 valence electrons. The lowest BCUT2D eigenvalue weighted by Gasteiger charge is -2.35. The number of amides is 4. The maximum Gasteiger partial charge on any atom is 0.266 e. The van der Waals surface area contributed by atoms with E-state index in [1.807, 2.05) is 133 Å². The highest BCUT2D eigenvalue weighted by molar-refractivity contribution is 6.48. The van der Waals surface area contributed by atoms with Crippen molar-refractivity contribution in [2.75, 3.05) is 36.0 Å². The van der Waals surface area contributed by atoms with Crippen LogP contribution in [0.25, 0.3) is 43.1 Å². The van der Waals surface area contributed by atoms with Gasteiger partial charge in [-0.3, -0.25) is 19.2 Å². The number of rotatable bonds is 22. The van der Waals surface area contributed by atoms with Crippen molar-refractivity contribution in [1.82, 2.24) is 0 Å². The van der Waals surface area contributed by atoms with Gasteiger partial charge in [0.25, 0.3) is 23.6 Å². The number of ether oxygens (including phenoxy) is 4. The predicted molar refractivity (Wildman–Crippen MR) is 376 cm³/mol. The van der Waals surface area contributed by atoms with Crippen LogP contribution in [0, 0.1) is 0 Å². The number of hydrogen-bond donors (Lipinski definition) is 4. The Morgan fingerprint density at radius 2 is 0.511 bits per heavy atom. The van der Waals surface area contributed by atoms with Crippen LogP contribution in [0.1, 0.15) is 165 Å². The average molecular weight is 1250 g/mol. The molecule has 0 saturated heterocycles. The minimum absolute atomic E-state index is 0.0921. The zero-order valence-corrected chi connectivity index (χ0v) is 54.4. The molecule has 8 N–H and O–H groups in total. The number of benzene rings is 11. The van der Waals surface area contributed by atoms with E-state index in [-0.39, 0.29) is 68.9 Å². The molecule has 2 aliphatic rings. The lowest BCUT2D eigenvalue weighted by atomic mass is 9.80. The Kier molecular flexibility index (Phi) is 17.0. The van der Waals surface area contributed by atoms with Crippen LogP contribution in [0.3, 0.4) is 0 Å². The molecule has 14 nitrogen and oxygen atoms in total. The first-order chi connectivity index (χ1) is 45.4. The monoisotopic (exact) mass is 1250 g/mol. The zero-order valence-electron chi connectivity index (χ0n) is 54.4. The second-order valence-corrected chi connectivity index (χ2v) is 25.9. The van der Waals surface area contributed by atoms with Gasteiger partial charge in [-0.05, 0) is 193 Å². The molecule has 0 saturated carbocycles. The van der Waals surface area contributed by atoms with E-state index >= 15 is 19.2 Å². The highest BCUT2D eigenvalue weighted by Gasteiger charge is 2.44. The van der Waals surface area contributed by atoms with Crippen LogP contribution in [-0.4, -0.2) is 49.8 Å². The summed E-state index contributed by atoms with van der Waals surface area (Å²) >= 11 is 0. The topological polar surface area (TPSA) is 216 Å². The zero-order chi connectivity index (χ0) is 66.0. The third kappa shape index (κ3) is 10.9. The van der Waals surface area contributed by atoms with Crippen molar-refractivity contribution in [3.05, 3.63) is 224 Å². The van der Waals surface area contributed by atoms with Crippen LogP contribution in [0.4, 0.5) is 11.4 Å². The van der Waals surface area contributed by atoms with Gasteiger partial charge in [0.15, 0.2) is 0 Å². The van der Waals surface area contributed by atoms with Gasteiger partial charge >= 0.3 is 0 Å². The van der Waals surface area contributed by atoms with E-state index in [9.17, 15) is 0 Å². The van der Waals surface area contributed by atoms with Crippen molar-refractivity contribution in [2.24, 2.45) is 22.9 Å². The summed E-state index contributed by atoms with van der Waals surface area (Å²) in [7, 11) is 0. The Balaban J connectivity index is 1.25. The van der Waals surface area contributed by atoms with Crippen molar-refractivity contribution >= 4 is 78.1 Å². The van der Waals surface area contributed by atoms with Gasteiger partial charge in [0.05, 0.1) is 33.6 Å². The van der Waals surface area contributed by atoms with Gasteiger partial charge in [0, 0.05) is 43.1 Å². The average Bonchev–Trinajstić information content (AvgIpc) is 0.672. The number of carbonyl (C=O) groups excluding carboxylic acids is 4. The molecule has 0 spiro atoms. The van der Waals surface area contributed by atoms with E-state index in [0.29, 0.717) is 129 Å². The molecule has 11 aromatic carbocycles. The van der Waals surface area contributed by atoms with E-state index in [1.54, 1.807) is 24.3 Å². The van der Waals surface area contributed by atoms with E-state index in [2.05, 4.69) is 55.4 Å². The first-order valence-electron chi connectivity index (χ1n) is 32.7. The van der Waals surface area contributed by atoms with Crippen molar-refractivity contribution in [2.45, 2.75) is 105 Å². The molecule has 2 heterocycles. The first-order valence-corrected chi connectivity index (χ1v) is 32.7.